The fourth-order valence-electron chi connectivity index (χ4n) is 1.55. The predicted molar refractivity (Wildman–Crippen MR) is 75.2 cm³/mol. The van der Waals surface area contributed by atoms with Gasteiger partial charge in [0.1, 0.15) is 11.6 Å². The zero-order valence-electron chi connectivity index (χ0n) is 12.0. The van der Waals surface area contributed by atoms with Crippen LogP contribution >= 0.6 is 0 Å². The van der Waals surface area contributed by atoms with Crippen molar-refractivity contribution >= 4 is 11.7 Å². The van der Waals surface area contributed by atoms with Crippen molar-refractivity contribution in [1.29, 1.82) is 0 Å². The van der Waals surface area contributed by atoms with Crippen LogP contribution in [0.2, 0.25) is 0 Å². The minimum atomic E-state index is -0.228. The van der Waals surface area contributed by atoms with E-state index in [2.05, 4.69) is 20.6 Å². The molecular weight excluding hydrogens is 244 g/mol. The lowest BCUT2D eigenvalue weighted by atomic mass is 10.1. The number of hydrogen-bond acceptors (Lipinski definition) is 4. The van der Waals surface area contributed by atoms with Crippen molar-refractivity contribution in [3.63, 3.8) is 0 Å². The second kappa shape index (κ2) is 6.36. The number of hydrogen-bond donors (Lipinski definition) is 3. The maximum Gasteiger partial charge on any atom is 0.252 e. The average molecular weight is 266 g/mol. The smallest absolute Gasteiger partial charge is 0.252 e. The van der Waals surface area contributed by atoms with Crippen LogP contribution in [0.3, 0.4) is 0 Å². The summed E-state index contributed by atoms with van der Waals surface area (Å²) in [7, 11) is 0. The third-order valence-electron chi connectivity index (χ3n) is 2.30. The van der Waals surface area contributed by atoms with Gasteiger partial charge in [-0.2, -0.15) is 0 Å². The second-order valence-corrected chi connectivity index (χ2v) is 5.41. The monoisotopic (exact) mass is 266 g/mol. The Bertz CT molecular complexity index is 488. The topological polar surface area (TPSA) is 86.9 Å². The van der Waals surface area contributed by atoms with E-state index in [1.807, 2.05) is 27.7 Å². The molecule has 1 amide bonds. The van der Waals surface area contributed by atoms with Crippen LogP contribution in [0.5, 0.6) is 0 Å². The number of aromatic nitrogens is 2. The van der Waals surface area contributed by atoms with Crippen LogP contribution in [0.15, 0.2) is 10.9 Å². The molecule has 0 bridgehead atoms. The third-order valence-corrected chi connectivity index (χ3v) is 2.30. The Kier molecular flexibility index (Phi) is 5.09. The van der Waals surface area contributed by atoms with Crippen molar-refractivity contribution in [1.82, 2.24) is 15.3 Å². The Hall–Kier alpha value is -1.85. The van der Waals surface area contributed by atoms with Gasteiger partial charge in [-0.25, -0.2) is 4.98 Å². The van der Waals surface area contributed by atoms with E-state index in [0.717, 1.165) is 0 Å². The number of nitrogens with one attached hydrogen (secondary N) is 3. The summed E-state index contributed by atoms with van der Waals surface area (Å²) in [6.07, 6.45) is 1.00. The normalized spacial score (nSPS) is 11.2. The highest BCUT2D eigenvalue weighted by atomic mass is 16.1. The molecule has 0 radical (unpaired) electrons. The molecule has 0 unspecified atom stereocenters. The average Bonchev–Trinajstić information content (AvgIpc) is 2.25. The fraction of sp³-hybridized carbons (Fsp3) is 0.615. The predicted octanol–water partition coefficient (Wildman–Crippen LogP) is 1.05. The van der Waals surface area contributed by atoms with Crippen LogP contribution in [0, 0.1) is 0 Å². The number of rotatable bonds is 5. The molecule has 0 saturated heterocycles. The highest BCUT2D eigenvalue weighted by Gasteiger charge is 2.13. The SMILES string of the molecule is CCc1nc(NCCC(=O)NC(C)(C)C)cc(=O)[nH]1. The third kappa shape index (κ3) is 6.03. The van der Waals surface area contributed by atoms with Gasteiger partial charge in [0, 0.05) is 31.0 Å². The molecule has 0 aliphatic heterocycles. The van der Waals surface area contributed by atoms with Crippen LogP contribution in [-0.2, 0) is 11.2 Å². The van der Waals surface area contributed by atoms with Gasteiger partial charge in [0.25, 0.3) is 5.56 Å². The summed E-state index contributed by atoms with van der Waals surface area (Å²) >= 11 is 0. The van der Waals surface area contributed by atoms with Crippen molar-refractivity contribution in [2.75, 3.05) is 11.9 Å². The first-order valence-electron chi connectivity index (χ1n) is 6.45. The van der Waals surface area contributed by atoms with Crippen LogP contribution in [-0.4, -0.2) is 28.0 Å². The maximum absolute atomic E-state index is 11.6. The van der Waals surface area contributed by atoms with Crippen molar-refractivity contribution in [3.8, 4) is 0 Å². The quantitative estimate of drug-likeness (QED) is 0.743. The van der Waals surface area contributed by atoms with Gasteiger partial charge < -0.3 is 15.6 Å². The van der Waals surface area contributed by atoms with E-state index in [0.29, 0.717) is 31.0 Å². The minimum Gasteiger partial charge on any atom is -0.369 e. The molecule has 106 valence electrons. The van der Waals surface area contributed by atoms with E-state index in [1.54, 1.807) is 0 Å². The van der Waals surface area contributed by atoms with E-state index in [4.69, 9.17) is 0 Å². The minimum absolute atomic E-state index is 0.0273. The number of aryl methyl sites for hydroxylation is 1. The molecule has 1 heterocycles. The summed E-state index contributed by atoms with van der Waals surface area (Å²) in [6.45, 7) is 8.17. The zero-order chi connectivity index (χ0) is 14.5. The van der Waals surface area contributed by atoms with Crippen molar-refractivity contribution in [2.24, 2.45) is 0 Å². The number of carbonyl (C=O) groups excluding carboxylic acids is 1. The van der Waals surface area contributed by atoms with E-state index in [9.17, 15) is 9.59 Å². The Morgan fingerprint density at radius 2 is 2.11 bits per heavy atom. The first kappa shape index (κ1) is 15.2. The maximum atomic E-state index is 11.6. The zero-order valence-corrected chi connectivity index (χ0v) is 12.0. The summed E-state index contributed by atoms with van der Waals surface area (Å²) in [5.74, 6) is 1.11. The number of aromatic amines is 1. The summed E-state index contributed by atoms with van der Waals surface area (Å²) in [5.41, 5.74) is -0.414. The molecule has 0 spiro atoms. The number of anilines is 1. The second-order valence-electron chi connectivity index (χ2n) is 5.41. The Balaban J connectivity index is 2.47. The van der Waals surface area contributed by atoms with Crippen molar-refractivity contribution in [2.45, 2.75) is 46.1 Å². The van der Waals surface area contributed by atoms with Gasteiger partial charge in [-0.1, -0.05) is 6.92 Å². The number of amides is 1. The molecule has 1 aromatic rings. The molecule has 0 atom stereocenters. The van der Waals surface area contributed by atoms with Gasteiger partial charge in [-0.05, 0) is 20.8 Å². The summed E-state index contributed by atoms with van der Waals surface area (Å²) in [4.78, 5) is 29.8. The lowest BCUT2D eigenvalue weighted by Gasteiger charge is -2.20. The molecular formula is C13H22N4O2. The summed E-state index contributed by atoms with van der Waals surface area (Å²) in [5, 5.41) is 5.86. The Morgan fingerprint density at radius 1 is 1.42 bits per heavy atom. The summed E-state index contributed by atoms with van der Waals surface area (Å²) < 4.78 is 0. The number of H-pyrrole nitrogens is 1. The Labute approximate surface area is 113 Å². The van der Waals surface area contributed by atoms with Gasteiger partial charge in [0.2, 0.25) is 5.91 Å². The highest BCUT2D eigenvalue weighted by molar-refractivity contribution is 5.77. The lowest BCUT2D eigenvalue weighted by Crippen LogP contribution is -2.41. The molecule has 3 N–H and O–H groups in total. The molecule has 1 rings (SSSR count). The molecule has 0 aromatic carbocycles. The van der Waals surface area contributed by atoms with E-state index >= 15 is 0 Å². The van der Waals surface area contributed by atoms with Gasteiger partial charge in [-0.15, -0.1) is 0 Å². The van der Waals surface area contributed by atoms with Crippen LogP contribution in [0.25, 0.3) is 0 Å². The summed E-state index contributed by atoms with van der Waals surface area (Å²) in [6, 6.07) is 1.39. The fourth-order valence-corrected chi connectivity index (χ4v) is 1.55. The van der Waals surface area contributed by atoms with E-state index in [1.165, 1.54) is 6.07 Å². The van der Waals surface area contributed by atoms with Gasteiger partial charge >= 0.3 is 0 Å². The van der Waals surface area contributed by atoms with Gasteiger partial charge in [-0.3, -0.25) is 9.59 Å². The lowest BCUT2D eigenvalue weighted by molar-refractivity contribution is -0.122. The number of nitrogens with zero attached hydrogens (tertiary/aromatic N) is 1. The molecule has 0 fully saturated rings. The van der Waals surface area contributed by atoms with Gasteiger partial charge in [0.05, 0.1) is 0 Å². The largest absolute Gasteiger partial charge is 0.369 e. The van der Waals surface area contributed by atoms with Crippen LogP contribution < -0.4 is 16.2 Å². The molecule has 19 heavy (non-hydrogen) atoms. The molecule has 6 heteroatoms. The molecule has 6 nitrogen and oxygen atoms in total. The van der Waals surface area contributed by atoms with Gasteiger partial charge in [0.15, 0.2) is 0 Å². The van der Waals surface area contributed by atoms with E-state index in [-0.39, 0.29) is 17.0 Å². The van der Waals surface area contributed by atoms with E-state index < -0.39 is 0 Å². The molecule has 1 aromatic heterocycles. The molecule has 0 aliphatic rings. The standard InChI is InChI=1S/C13H22N4O2/c1-5-9-15-10(8-12(19)16-9)14-7-6-11(18)17-13(2,3)4/h8H,5-7H2,1-4H3,(H,17,18)(H2,14,15,16,19). The molecule has 0 saturated carbocycles. The Morgan fingerprint density at radius 3 is 2.68 bits per heavy atom. The first-order valence-corrected chi connectivity index (χ1v) is 6.45. The van der Waals surface area contributed by atoms with Crippen molar-refractivity contribution < 1.29 is 4.79 Å². The van der Waals surface area contributed by atoms with Crippen LogP contribution in [0.1, 0.15) is 39.9 Å². The first-order chi connectivity index (χ1) is 8.80. The number of carbonyl (C=O) groups is 1. The van der Waals surface area contributed by atoms with Crippen LogP contribution in [0.4, 0.5) is 5.82 Å². The highest BCUT2D eigenvalue weighted by Crippen LogP contribution is 2.01. The molecule has 0 aliphatic carbocycles. The van der Waals surface area contributed by atoms with Crippen molar-refractivity contribution in [3.05, 3.63) is 22.2 Å².